The Kier molecular flexibility index (Phi) is 8.65. The number of para-hydroxylation sites is 1. The molecular formula is C20H21ClN4O4. The van der Waals surface area contributed by atoms with Crippen molar-refractivity contribution < 1.29 is 19.1 Å². The first-order valence-corrected chi connectivity index (χ1v) is 9.26. The third-order valence-electron chi connectivity index (χ3n) is 3.50. The number of anilines is 1. The lowest BCUT2D eigenvalue weighted by Crippen LogP contribution is -2.38. The second-order valence-corrected chi connectivity index (χ2v) is 6.28. The number of benzene rings is 2. The number of nitrogens with one attached hydrogen (secondary N) is 3. The van der Waals surface area contributed by atoms with Crippen molar-refractivity contribution in [1.82, 2.24) is 10.7 Å². The summed E-state index contributed by atoms with van der Waals surface area (Å²) in [6, 6.07) is 13.6. The molecule has 3 amide bonds. The highest BCUT2D eigenvalue weighted by molar-refractivity contribution is 6.35. The number of nitrogens with zero attached hydrogens (tertiary/aromatic N) is 1. The molecule has 3 N–H and O–H groups in total. The van der Waals surface area contributed by atoms with Crippen LogP contribution in [0.5, 0.6) is 5.75 Å². The maximum absolute atomic E-state index is 12.1. The van der Waals surface area contributed by atoms with Gasteiger partial charge in [0.2, 0.25) is 0 Å². The van der Waals surface area contributed by atoms with Gasteiger partial charge in [-0.05, 0) is 36.8 Å². The highest BCUT2D eigenvalue weighted by atomic mass is 35.5. The molecule has 2 aromatic rings. The lowest BCUT2D eigenvalue weighted by atomic mass is 10.2. The summed E-state index contributed by atoms with van der Waals surface area (Å²) in [5, 5.41) is 9.39. The van der Waals surface area contributed by atoms with Crippen molar-refractivity contribution in [2.75, 3.05) is 18.5 Å². The quantitative estimate of drug-likeness (QED) is 0.348. The molecule has 2 aromatic carbocycles. The van der Waals surface area contributed by atoms with E-state index in [0.717, 1.165) is 6.42 Å². The third kappa shape index (κ3) is 7.63. The summed E-state index contributed by atoms with van der Waals surface area (Å²) in [4.78, 5) is 35.2. The van der Waals surface area contributed by atoms with E-state index in [0.29, 0.717) is 28.6 Å². The van der Waals surface area contributed by atoms with Crippen LogP contribution < -0.4 is 20.8 Å². The summed E-state index contributed by atoms with van der Waals surface area (Å²) in [6.07, 6.45) is 2.05. The molecule has 0 aliphatic rings. The molecule has 0 unspecified atom stereocenters. The van der Waals surface area contributed by atoms with Gasteiger partial charge in [0.1, 0.15) is 5.75 Å². The minimum Gasteiger partial charge on any atom is -0.483 e. The van der Waals surface area contributed by atoms with E-state index in [1.54, 1.807) is 48.5 Å². The van der Waals surface area contributed by atoms with E-state index in [-0.39, 0.29) is 12.5 Å². The molecule has 0 heterocycles. The fourth-order valence-electron chi connectivity index (χ4n) is 2.16. The van der Waals surface area contributed by atoms with Crippen LogP contribution in [0.2, 0.25) is 5.02 Å². The van der Waals surface area contributed by atoms with Gasteiger partial charge in [-0.15, -0.1) is 0 Å². The largest absolute Gasteiger partial charge is 0.483 e. The fraction of sp³-hybridized carbons (Fsp3) is 0.200. The third-order valence-corrected chi connectivity index (χ3v) is 3.73. The zero-order valence-corrected chi connectivity index (χ0v) is 16.5. The number of rotatable bonds is 8. The van der Waals surface area contributed by atoms with E-state index in [1.807, 2.05) is 6.92 Å². The van der Waals surface area contributed by atoms with E-state index in [2.05, 4.69) is 21.2 Å². The molecule has 0 spiro atoms. The molecule has 0 bridgehead atoms. The number of halogens is 1. The van der Waals surface area contributed by atoms with Crippen molar-refractivity contribution in [2.45, 2.75) is 13.3 Å². The first kappa shape index (κ1) is 21.9. The number of ether oxygens (including phenoxy) is 1. The van der Waals surface area contributed by atoms with Gasteiger partial charge in [-0.1, -0.05) is 36.7 Å². The SMILES string of the molecule is CCCNC(=O)C(=O)N/N=C\c1ccccc1OCC(=O)Nc1cccc(Cl)c1. The number of hydrazone groups is 1. The highest BCUT2D eigenvalue weighted by Gasteiger charge is 2.11. The molecule has 0 aromatic heterocycles. The van der Waals surface area contributed by atoms with Crippen LogP contribution in [0.3, 0.4) is 0 Å². The Hall–Kier alpha value is -3.39. The van der Waals surface area contributed by atoms with Crippen molar-refractivity contribution >= 4 is 41.2 Å². The van der Waals surface area contributed by atoms with E-state index >= 15 is 0 Å². The van der Waals surface area contributed by atoms with E-state index in [9.17, 15) is 14.4 Å². The average Bonchev–Trinajstić information content (AvgIpc) is 2.71. The van der Waals surface area contributed by atoms with Crippen molar-refractivity contribution in [3.05, 3.63) is 59.1 Å². The fourth-order valence-corrected chi connectivity index (χ4v) is 2.35. The zero-order chi connectivity index (χ0) is 21.1. The van der Waals surface area contributed by atoms with E-state index in [1.165, 1.54) is 6.21 Å². The molecule has 0 radical (unpaired) electrons. The van der Waals surface area contributed by atoms with Gasteiger partial charge in [0.25, 0.3) is 5.91 Å². The number of carbonyl (C=O) groups excluding carboxylic acids is 3. The van der Waals surface area contributed by atoms with Crippen LogP contribution in [-0.2, 0) is 14.4 Å². The smallest absolute Gasteiger partial charge is 0.329 e. The lowest BCUT2D eigenvalue weighted by Gasteiger charge is -2.09. The Bertz CT molecular complexity index is 902. The Morgan fingerprint density at radius 2 is 1.90 bits per heavy atom. The van der Waals surface area contributed by atoms with Crippen LogP contribution in [0.25, 0.3) is 0 Å². The predicted molar refractivity (Wildman–Crippen MR) is 111 cm³/mol. The summed E-state index contributed by atoms with van der Waals surface area (Å²) >= 11 is 5.89. The molecule has 29 heavy (non-hydrogen) atoms. The molecule has 8 nitrogen and oxygen atoms in total. The minimum atomic E-state index is -0.867. The van der Waals surface area contributed by atoms with E-state index < -0.39 is 11.8 Å². The molecule has 0 aliphatic heterocycles. The van der Waals surface area contributed by atoms with Crippen LogP contribution in [0.15, 0.2) is 53.6 Å². The molecule has 0 fully saturated rings. The normalized spacial score (nSPS) is 10.4. The van der Waals surface area contributed by atoms with Gasteiger partial charge in [-0.3, -0.25) is 14.4 Å². The second kappa shape index (κ2) is 11.5. The monoisotopic (exact) mass is 416 g/mol. The number of carbonyl (C=O) groups is 3. The van der Waals surface area contributed by atoms with Crippen LogP contribution in [-0.4, -0.2) is 37.1 Å². The molecular weight excluding hydrogens is 396 g/mol. The van der Waals surface area contributed by atoms with Crippen molar-refractivity contribution in [3.8, 4) is 5.75 Å². The predicted octanol–water partition coefficient (Wildman–Crippen LogP) is 2.33. The number of hydrogen-bond acceptors (Lipinski definition) is 5. The van der Waals surface area contributed by atoms with Crippen molar-refractivity contribution in [3.63, 3.8) is 0 Å². The molecule has 152 valence electrons. The van der Waals surface area contributed by atoms with Crippen LogP contribution >= 0.6 is 11.6 Å². The Balaban J connectivity index is 1.90. The zero-order valence-electron chi connectivity index (χ0n) is 15.8. The minimum absolute atomic E-state index is 0.233. The molecule has 2 rings (SSSR count). The Labute approximate surface area is 173 Å². The van der Waals surface area contributed by atoms with Gasteiger partial charge in [-0.25, -0.2) is 5.43 Å². The maximum atomic E-state index is 12.1. The van der Waals surface area contributed by atoms with Gasteiger partial charge in [-0.2, -0.15) is 5.10 Å². The standard InChI is InChI=1S/C20H21ClN4O4/c1-2-10-22-19(27)20(28)25-23-12-14-6-3-4-9-17(14)29-13-18(26)24-16-8-5-7-15(21)11-16/h3-9,11-12H,2,10,13H2,1H3,(H,22,27)(H,24,26)(H,25,28)/b23-12-. The first-order chi connectivity index (χ1) is 14.0. The Morgan fingerprint density at radius 1 is 1.10 bits per heavy atom. The lowest BCUT2D eigenvalue weighted by molar-refractivity contribution is -0.139. The summed E-state index contributed by atoms with van der Waals surface area (Å²) in [5.74, 6) is -1.60. The van der Waals surface area contributed by atoms with Gasteiger partial charge in [0.05, 0.1) is 6.21 Å². The molecule has 0 saturated carbocycles. The molecule has 0 aliphatic carbocycles. The van der Waals surface area contributed by atoms with Crippen LogP contribution in [0, 0.1) is 0 Å². The topological polar surface area (TPSA) is 109 Å². The van der Waals surface area contributed by atoms with Crippen molar-refractivity contribution in [1.29, 1.82) is 0 Å². The number of amides is 3. The van der Waals surface area contributed by atoms with E-state index in [4.69, 9.17) is 16.3 Å². The summed E-state index contributed by atoms with van der Waals surface area (Å²) in [6.45, 7) is 2.05. The van der Waals surface area contributed by atoms with Crippen molar-refractivity contribution in [2.24, 2.45) is 5.10 Å². The second-order valence-electron chi connectivity index (χ2n) is 5.84. The van der Waals surface area contributed by atoms with Gasteiger partial charge in [0.15, 0.2) is 6.61 Å². The summed E-state index contributed by atoms with van der Waals surface area (Å²) in [7, 11) is 0. The number of hydrogen-bond donors (Lipinski definition) is 3. The average molecular weight is 417 g/mol. The van der Waals surface area contributed by atoms with Gasteiger partial charge >= 0.3 is 11.8 Å². The maximum Gasteiger partial charge on any atom is 0.329 e. The van der Waals surface area contributed by atoms with Crippen LogP contribution in [0.4, 0.5) is 5.69 Å². The molecule has 9 heteroatoms. The van der Waals surface area contributed by atoms with Gasteiger partial charge in [0, 0.05) is 22.8 Å². The molecule has 0 atom stereocenters. The molecule has 0 saturated heterocycles. The Morgan fingerprint density at radius 3 is 2.66 bits per heavy atom. The summed E-state index contributed by atoms with van der Waals surface area (Å²) in [5.41, 5.74) is 3.23. The van der Waals surface area contributed by atoms with Crippen LogP contribution in [0.1, 0.15) is 18.9 Å². The van der Waals surface area contributed by atoms with Gasteiger partial charge < -0.3 is 15.4 Å². The first-order valence-electron chi connectivity index (χ1n) is 8.88. The summed E-state index contributed by atoms with van der Waals surface area (Å²) < 4.78 is 5.53. The highest BCUT2D eigenvalue weighted by Crippen LogP contribution is 2.17.